The zero-order valence-electron chi connectivity index (χ0n) is 12.3. The molecule has 6 heteroatoms. The number of piperazine rings is 1. The van der Waals surface area contributed by atoms with Crippen LogP contribution in [0.25, 0.3) is 0 Å². The summed E-state index contributed by atoms with van der Waals surface area (Å²) in [4.78, 5) is 15.3. The second-order valence-corrected chi connectivity index (χ2v) is 5.74. The standard InChI is InChI=1S/C15H20F2N2O2/c1-15(10-13(20)21,19-8-6-18(2)7-9-19)11-4-3-5-12(16)14(11)17/h3-5H,6-10H2,1-2H3,(H,20,21). The molecule has 0 bridgehead atoms. The lowest BCUT2D eigenvalue weighted by Gasteiger charge is -2.45. The summed E-state index contributed by atoms with van der Waals surface area (Å²) in [6.07, 6.45) is -0.267. The smallest absolute Gasteiger partial charge is 0.305 e. The fourth-order valence-electron chi connectivity index (χ4n) is 2.89. The first-order valence-electron chi connectivity index (χ1n) is 6.94. The Morgan fingerprint density at radius 3 is 2.48 bits per heavy atom. The van der Waals surface area contributed by atoms with Crippen LogP contribution >= 0.6 is 0 Å². The normalized spacial score (nSPS) is 20.2. The van der Waals surface area contributed by atoms with E-state index in [2.05, 4.69) is 4.90 Å². The number of rotatable bonds is 4. The lowest BCUT2D eigenvalue weighted by atomic mass is 9.85. The molecule has 0 amide bonds. The van der Waals surface area contributed by atoms with E-state index in [9.17, 15) is 18.7 Å². The van der Waals surface area contributed by atoms with Gasteiger partial charge in [-0.25, -0.2) is 8.78 Å². The van der Waals surface area contributed by atoms with Gasteiger partial charge in [-0.1, -0.05) is 12.1 Å². The van der Waals surface area contributed by atoms with Crippen LogP contribution in [0, 0.1) is 11.6 Å². The summed E-state index contributed by atoms with van der Waals surface area (Å²) < 4.78 is 27.7. The highest BCUT2D eigenvalue weighted by atomic mass is 19.2. The van der Waals surface area contributed by atoms with E-state index in [4.69, 9.17) is 0 Å². The van der Waals surface area contributed by atoms with Gasteiger partial charge in [-0.15, -0.1) is 0 Å². The molecular formula is C15H20F2N2O2. The Hall–Kier alpha value is -1.53. The molecule has 4 nitrogen and oxygen atoms in total. The van der Waals surface area contributed by atoms with Crippen molar-refractivity contribution in [2.75, 3.05) is 33.2 Å². The molecule has 0 spiro atoms. The molecule has 116 valence electrons. The Labute approximate surface area is 123 Å². The van der Waals surface area contributed by atoms with Gasteiger partial charge < -0.3 is 10.0 Å². The number of nitrogens with zero attached hydrogens (tertiary/aromatic N) is 2. The monoisotopic (exact) mass is 298 g/mol. The first-order chi connectivity index (χ1) is 9.84. The van der Waals surface area contributed by atoms with Gasteiger partial charge in [0.2, 0.25) is 0 Å². The van der Waals surface area contributed by atoms with Crippen molar-refractivity contribution in [2.24, 2.45) is 0 Å². The molecule has 0 aliphatic carbocycles. The van der Waals surface area contributed by atoms with Crippen LogP contribution in [-0.2, 0) is 10.3 Å². The summed E-state index contributed by atoms with van der Waals surface area (Å²) in [6.45, 7) is 4.45. The van der Waals surface area contributed by atoms with Crippen LogP contribution in [0.15, 0.2) is 18.2 Å². The molecule has 1 atom stereocenters. The number of hydrogen-bond donors (Lipinski definition) is 1. The van der Waals surface area contributed by atoms with Crippen LogP contribution in [0.4, 0.5) is 8.78 Å². The maximum absolute atomic E-state index is 14.2. The highest BCUT2D eigenvalue weighted by Crippen LogP contribution is 2.35. The van der Waals surface area contributed by atoms with Crippen molar-refractivity contribution in [3.05, 3.63) is 35.4 Å². The molecule has 1 aliphatic heterocycles. The highest BCUT2D eigenvalue weighted by Gasteiger charge is 2.39. The Bertz CT molecular complexity index is 530. The molecule has 1 heterocycles. The number of carboxylic acid groups (broad SMARTS) is 1. The van der Waals surface area contributed by atoms with Crippen molar-refractivity contribution in [2.45, 2.75) is 18.9 Å². The SMILES string of the molecule is CN1CCN(C(C)(CC(=O)O)c2cccc(F)c2F)CC1. The highest BCUT2D eigenvalue weighted by molar-refractivity contribution is 5.69. The second-order valence-electron chi connectivity index (χ2n) is 5.74. The summed E-state index contributed by atoms with van der Waals surface area (Å²) in [5, 5.41) is 9.20. The van der Waals surface area contributed by atoms with Crippen LogP contribution in [0.3, 0.4) is 0 Å². The number of halogens is 2. The molecule has 2 rings (SSSR count). The number of aliphatic carboxylic acids is 1. The van der Waals surface area contributed by atoms with Crippen molar-refractivity contribution in [3.63, 3.8) is 0 Å². The minimum Gasteiger partial charge on any atom is -0.481 e. The van der Waals surface area contributed by atoms with Crippen molar-refractivity contribution < 1.29 is 18.7 Å². The largest absolute Gasteiger partial charge is 0.481 e. The zero-order chi connectivity index (χ0) is 15.6. The van der Waals surface area contributed by atoms with Gasteiger partial charge >= 0.3 is 5.97 Å². The molecule has 1 aromatic rings. The Balaban J connectivity index is 2.41. The molecular weight excluding hydrogens is 278 g/mol. The van der Waals surface area contributed by atoms with Gasteiger partial charge in [0, 0.05) is 31.7 Å². The average Bonchev–Trinajstić information content (AvgIpc) is 2.41. The van der Waals surface area contributed by atoms with Gasteiger partial charge in [0.1, 0.15) is 0 Å². The fourth-order valence-corrected chi connectivity index (χ4v) is 2.89. The summed E-state index contributed by atoms with van der Waals surface area (Å²) >= 11 is 0. The van der Waals surface area contributed by atoms with Gasteiger partial charge in [0.05, 0.1) is 12.0 Å². The molecule has 1 unspecified atom stereocenters. The number of carbonyl (C=O) groups is 1. The lowest BCUT2D eigenvalue weighted by molar-refractivity contribution is -0.141. The predicted octanol–water partition coefficient (Wildman–Crippen LogP) is 1.90. The van der Waals surface area contributed by atoms with Crippen LogP contribution < -0.4 is 0 Å². The maximum Gasteiger partial charge on any atom is 0.305 e. The minimum absolute atomic E-state index is 0.106. The van der Waals surface area contributed by atoms with Crippen LogP contribution in [-0.4, -0.2) is 54.1 Å². The molecule has 0 radical (unpaired) electrons. The molecule has 1 fully saturated rings. The van der Waals surface area contributed by atoms with E-state index in [1.54, 1.807) is 6.92 Å². The van der Waals surface area contributed by atoms with Gasteiger partial charge in [-0.3, -0.25) is 9.69 Å². The molecule has 1 aliphatic rings. The molecule has 1 saturated heterocycles. The van der Waals surface area contributed by atoms with E-state index in [-0.39, 0.29) is 12.0 Å². The van der Waals surface area contributed by atoms with Crippen molar-refractivity contribution in [1.82, 2.24) is 9.80 Å². The summed E-state index contributed by atoms with van der Waals surface area (Å²) in [5.74, 6) is -2.93. The van der Waals surface area contributed by atoms with Crippen LogP contribution in [0.5, 0.6) is 0 Å². The van der Waals surface area contributed by atoms with E-state index in [0.29, 0.717) is 13.1 Å². The number of carboxylic acids is 1. The van der Waals surface area contributed by atoms with Crippen molar-refractivity contribution >= 4 is 5.97 Å². The van der Waals surface area contributed by atoms with Gasteiger partial charge in [0.25, 0.3) is 0 Å². The summed E-state index contributed by atoms with van der Waals surface area (Å²) in [5.41, 5.74) is -0.950. The first kappa shape index (κ1) is 15.9. The minimum atomic E-state index is -1.06. The van der Waals surface area contributed by atoms with Gasteiger partial charge in [-0.05, 0) is 20.0 Å². The number of hydrogen-bond acceptors (Lipinski definition) is 3. The summed E-state index contributed by atoms with van der Waals surface area (Å²) in [7, 11) is 1.98. The zero-order valence-corrected chi connectivity index (χ0v) is 12.3. The van der Waals surface area contributed by atoms with Crippen LogP contribution in [0.1, 0.15) is 18.9 Å². The average molecular weight is 298 g/mol. The van der Waals surface area contributed by atoms with Crippen molar-refractivity contribution in [1.29, 1.82) is 0 Å². The second kappa shape index (κ2) is 6.07. The van der Waals surface area contributed by atoms with E-state index in [0.717, 1.165) is 19.2 Å². The number of benzene rings is 1. The van der Waals surface area contributed by atoms with Crippen LogP contribution in [0.2, 0.25) is 0 Å². The lowest BCUT2D eigenvalue weighted by Crippen LogP contribution is -2.54. The summed E-state index contributed by atoms with van der Waals surface area (Å²) in [6, 6.07) is 3.94. The Morgan fingerprint density at radius 2 is 1.90 bits per heavy atom. The van der Waals surface area contributed by atoms with Gasteiger partial charge in [-0.2, -0.15) is 0 Å². The topological polar surface area (TPSA) is 43.8 Å². The first-order valence-corrected chi connectivity index (χ1v) is 6.94. The predicted molar refractivity (Wildman–Crippen MR) is 75.0 cm³/mol. The molecule has 1 N–H and O–H groups in total. The fraction of sp³-hybridized carbons (Fsp3) is 0.533. The third-order valence-corrected chi connectivity index (χ3v) is 4.23. The number of likely N-dealkylation sites (N-methyl/N-ethyl adjacent to an activating group) is 1. The maximum atomic E-state index is 14.2. The molecule has 1 aromatic carbocycles. The van der Waals surface area contributed by atoms with E-state index in [1.807, 2.05) is 11.9 Å². The van der Waals surface area contributed by atoms with E-state index >= 15 is 0 Å². The van der Waals surface area contributed by atoms with E-state index < -0.39 is 23.1 Å². The Morgan fingerprint density at radius 1 is 1.29 bits per heavy atom. The molecule has 0 saturated carbocycles. The third-order valence-electron chi connectivity index (χ3n) is 4.23. The van der Waals surface area contributed by atoms with Gasteiger partial charge in [0.15, 0.2) is 11.6 Å². The third kappa shape index (κ3) is 3.22. The van der Waals surface area contributed by atoms with Crippen molar-refractivity contribution in [3.8, 4) is 0 Å². The molecule has 21 heavy (non-hydrogen) atoms. The molecule has 0 aromatic heterocycles. The Kier molecular flexibility index (Phi) is 4.58. The quantitative estimate of drug-likeness (QED) is 0.922. The van der Waals surface area contributed by atoms with E-state index in [1.165, 1.54) is 12.1 Å².